The number of phenolic OH excluding ortho intramolecular Hbond substituents is 2. The standard InChI is InChI=1S/C16H19NO2/c1-11(2)12-6-8-14(9-7-12)17-10-13-4-3-5-15(18)16(13)19/h3-9,11,17-19H,10H2,1-2H3. The number of nitrogens with one attached hydrogen (secondary N) is 1. The molecule has 0 aliphatic carbocycles. The second-order valence-corrected chi connectivity index (χ2v) is 4.92. The van der Waals surface area contributed by atoms with Gasteiger partial charge in [-0.05, 0) is 29.7 Å². The van der Waals surface area contributed by atoms with Crippen LogP contribution < -0.4 is 5.32 Å². The summed E-state index contributed by atoms with van der Waals surface area (Å²) in [5.41, 5.74) is 2.96. The zero-order valence-corrected chi connectivity index (χ0v) is 11.2. The lowest BCUT2D eigenvalue weighted by Gasteiger charge is -2.10. The van der Waals surface area contributed by atoms with Crippen molar-refractivity contribution in [2.24, 2.45) is 0 Å². The maximum atomic E-state index is 9.70. The third kappa shape index (κ3) is 3.19. The molecule has 3 heteroatoms. The first-order valence-electron chi connectivity index (χ1n) is 6.41. The van der Waals surface area contributed by atoms with Gasteiger partial charge in [0.05, 0.1) is 0 Å². The fourth-order valence-electron chi connectivity index (χ4n) is 1.90. The Morgan fingerprint density at radius 2 is 1.68 bits per heavy atom. The Morgan fingerprint density at radius 1 is 1.00 bits per heavy atom. The van der Waals surface area contributed by atoms with Gasteiger partial charge in [-0.3, -0.25) is 0 Å². The van der Waals surface area contributed by atoms with Crippen LogP contribution in [-0.2, 0) is 6.54 Å². The summed E-state index contributed by atoms with van der Waals surface area (Å²) >= 11 is 0. The van der Waals surface area contributed by atoms with E-state index in [1.54, 1.807) is 12.1 Å². The number of rotatable bonds is 4. The van der Waals surface area contributed by atoms with E-state index in [1.807, 2.05) is 12.1 Å². The number of aromatic hydroxyl groups is 2. The number of hydrogen-bond acceptors (Lipinski definition) is 3. The lowest BCUT2D eigenvalue weighted by atomic mass is 10.0. The highest BCUT2D eigenvalue weighted by molar-refractivity contribution is 5.49. The third-order valence-electron chi connectivity index (χ3n) is 3.16. The van der Waals surface area contributed by atoms with Crippen LogP contribution in [0.25, 0.3) is 0 Å². The van der Waals surface area contributed by atoms with Crippen LogP contribution in [0.2, 0.25) is 0 Å². The lowest BCUT2D eigenvalue weighted by molar-refractivity contribution is 0.400. The minimum absolute atomic E-state index is 0.0613. The molecule has 0 saturated carbocycles. The van der Waals surface area contributed by atoms with E-state index in [9.17, 15) is 10.2 Å². The van der Waals surface area contributed by atoms with Crippen molar-refractivity contribution in [3.05, 3.63) is 53.6 Å². The van der Waals surface area contributed by atoms with Crippen LogP contribution in [0.3, 0.4) is 0 Å². The number of phenols is 2. The van der Waals surface area contributed by atoms with Crippen LogP contribution in [0.4, 0.5) is 5.69 Å². The molecule has 3 N–H and O–H groups in total. The molecule has 19 heavy (non-hydrogen) atoms. The minimum Gasteiger partial charge on any atom is -0.504 e. The van der Waals surface area contributed by atoms with E-state index >= 15 is 0 Å². The van der Waals surface area contributed by atoms with Crippen LogP contribution in [0, 0.1) is 0 Å². The van der Waals surface area contributed by atoms with E-state index < -0.39 is 0 Å². The van der Waals surface area contributed by atoms with Crippen LogP contribution >= 0.6 is 0 Å². The van der Waals surface area contributed by atoms with Crippen LogP contribution in [-0.4, -0.2) is 10.2 Å². The Hall–Kier alpha value is -2.16. The predicted octanol–water partition coefficient (Wildman–Crippen LogP) is 3.83. The molecular weight excluding hydrogens is 238 g/mol. The Kier molecular flexibility index (Phi) is 3.95. The van der Waals surface area contributed by atoms with Crippen molar-refractivity contribution < 1.29 is 10.2 Å². The molecule has 0 aliphatic heterocycles. The maximum absolute atomic E-state index is 9.70. The molecule has 3 nitrogen and oxygen atoms in total. The number of anilines is 1. The molecule has 2 aromatic rings. The second-order valence-electron chi connectivity index (χ2n) is 4.92. The third-order valence-corrected chi connectivity index (χ3v) is 3.16. The minimum atomic E-state index is -0.0885. The Bertz CT molecular complexity index is 547. The highest BCUT2D eigenvalue weighted by atomic mass is 16.3. The van der Waals surface area contributed by atoms with E-state index in [2.05, 4.69) is 31.3 Å². The van der Waals surface area contributed by atoms with Crippen molar-refractivity contribution >= 4 is 5.69 Å². The molecule has 0 bridgehead atoms. The quantitative estimate of drug-likeness (QED) is 0.729. The van der Waals surface area contributed by atoms with Gasteiger partial charge in [0.2, 0.25) is 0 Å². The monoisotopic (exact) mass is 257 g/mol. The summed E-state index contributed by atoms with van der Waals surface area (Å²) in [6.07, 6.45) is 0. The second kappa shape index (κ2) is 5.65. The summed E-state index contributed by atoms with van der Waals surface area (Å²) in [7, 11) is 0. The van der Waals surface area contributed by atoms with E-state index in [-0.39, 0.29) is 11.5 Å². The molecule has 0 aliphatic rings. The fourth-order valence-corrected chi connectivity index (χ4v) is 1.90. The van der Waals surface area contributed by atoms with Crippen molar-refractivity contribution in [3.63, 3.8) is 0 Å². The summed E-state index contributed by atoms with van der Waals surface area (Å²) in [6.45, 7) is 4.79. The van der Waals surface area contributed by atoms with Gasteiger partial charge in [-0.25, -0.2) is 0 Å². The van der Waals surface area contributed by atoms with Gasteiger partial charge < -0.3 is 15.5 Å². The average Bonchev–Trinajstić information content (AvgIpc) is 2.41. The summed E-state index contributed by atoms with van der Waals surface area (Å²) in [4.78, 5) is 0. The first-order chi connectivity index (χ1) is 9.08. The topological polar surface area (TPSA) is 52.5 Å². The van der Waals surface area contributed by atoms with Gasteiger partial charge in [-0.1, -0.05) is 38.1 Å². The molecule has 0 aromatic heterocycles. The summed E-state index contributed by atoms with van der Waals surface area (Å²) < 4.78 is 0. The lowest BCUT2D eigenvalue weighted by Crippen LogP contribution is -2.00. The van der Waals surface area contributed by atoms with Crippen molar-refractivity contribution in [2.45, 2.75) is 26.3 Å². The van der Waals surface area contributed by atoms with Gasteiger partial charge in [0.15, 0.2) is 11.5 Å². The molecule has 0 radical (unpaired) electrons. The molecule has 2 rings (SSSR count). The highest BCUT2D eigenvalue weighted by Crippen LogP contribution is 2.28. The van der Waals surface area contributed by atoms with Crippen LogP contribution in [0.5, 0.6) is 11.5 Å². The molecule has 0 saturated heterocycles. The Morgan fingerprint density at radius 3 is 2.32 bits per heavy atom. The first kappa shape index (κ1) is 13.3. The van der Waals surface area contributed by atoms with E-state index in [0.29, 0.717) is 18.0 Å². The molecule has 0 unspecified atom stereocenters. The summed E-state index contributed by atoms with van der Waals surface area (Å²) in [5, 5.41) is 22.3. The van der Waals surface area contributed by atoms with Crippen LogP contribution in [0.15, 0.2) is 42.5 Å². The molecule has 0 amide bonds. The SMILES string of the molecule is CC(C)c1ccc(NCc2cccc(O)c2O)cc1. The zero-order valence-electron chi connectivity index (χ0n) is 11.2. The van der Waals surface area contributed by atoms with Gasteiger partial charge in [-0.15, -0.1) is 0 Å². The fraction of sp³-hybridized carbons (Fsp3) is 0.250. The average molecular weight is 257 g/mol. The molecular formula is C16H19NO2. The number of para-hydroxylation sites is 1. The van der Waals surface area contributed by atoms with E-state index in [1.165, 1.54) is 11.6 Å². The Labute approximate surface area is 113 Å². The molecule has 0 atom stereocenters. The summed E-state index contributed by atoms with van der Waals surface area (Å²) in [5.74, 6) is 0.368. The van der Waals surface area contributed by atoms with Crippen molar-refractivity contribution in [1.82, 2.24) is 0 Å². The predicted molar refractivity (Wildman–Crippen MR) is 77.6 cm³/mol. The summed E-state index contributed by atoms with van der Waals surface area (Å²) in [6, 6.07) is 13.2. The molecule has 0 fully saturated rings. The number of hydrogen-bond donors (Lipinski definition) is 3. The normalized spacial score (nSPS) is 10.7. The maximum Gasteiger partial charge on any atom is 0.162 e. The van der Waals surface area contributed by atoms with Gasteiger partial charge >= 0.3 is 0 Å². The molecule has 100 valence electrons. The molecule has 0 heterocycles. The first-order valence-corrected chi connectivity index (χ1v) is 6.41. The number of benzene rings is 2. The van der Waals surface area contributed by atoms with Crippen molar-refractivity contribution in [2.75, 3.05) is 5.32 Å². The largest absolute Gasteiger partial charge is 0.504 e. The smallest absolute Gasteiger partial charge is 0.162 e. The van der Waals surface area contributed by atoms with Crippen molar-refractivity contribution in [3.8, 4) is 11.5 Å². The van der Waals surface area contributed by atoms with Gasteiger partial charge in [0.25, 0.3) is 0 Å². The van der Waals surface area contributed by atoms with E-state index in [0.717, 1.165) is 5.69 Å². The highest BCUT2D eigenvalue weighted by Gasteiger charge is 2.05. The van der Waals surface area contributed by atoms with Gasteiger partial charge in [-0.2, -0.15) is 0 Å². The van der Waals surface area contributed by atoms with Gasteiger partial charge in [0, 0.05) is 17.8 Å². The molecule has 2 aromatic carbocycles. The molecule has 0 spiro atoms. The van der Waals surface area contributed by atoms with E-state index in [4.69, 9.17) is 0 Å². The van der Waals surface area contributed by atoms with Crippen LogP contribution in [0.1, 0.15) is 30.9 Å². The Balaban J connectivity index is 2.04. The van der Waals surface area contributed by atoms with Gasteiger partial charge in [0.1, 0.15) is 0 Å². The zero-order chi connectivity index (χ0) is 13.8. The van der Waals surface area contributed by atoms with Crippen molar-refractivity contribution in [1.29, 1.82) is 0 Å².